The summed E-state index contributed by atoms with van der Waals surface area (Å²) in [5, 5.41) is 4.07. The molecule has 0 unspecified atom stereocenters. The molecule has 0 saturated heterocycles. The number of aryl methyl sites for hydroxylation is 1. The first-order valence-electron chi connectivity index (χ1n) is 10.3. The van der Waals surface area contributed by atoms with Crippen molar-refractivity contribution in [1.29, 1.82) is 0 Å². The van der Waals surface area contributed by atoms with Crippen molar-refractivity contribution in [1.82, 2.24) is 9.97 Å². The molecule has 5 rings (SSSR count). The molecular weight excluding hydrogens is 402 g/mol. The zero-order valence-electron chi connectivity index (χ0n) is 18.0. The molecule has 31 heavy (non-hydrogen) atoms. The number of rotatable bonds is 2. The second-order valence-corrected chi connectivity index (χ2v) is 9.64. The van der Waals surface area contributed by atoms with Crippen LogP contribution in [0.2, 0.25) is 0 Å². The molecule has 5 nitrogen and oxygen atoms in total. The predicted octanol–water partition coefficient (Wildman–Crippen LogP) is 6.25. The number of anilines is 1. The Morgan fingerprint density at radius 1 is 0.871 bits per heavy atom. The normalized spacial score (nSPS) is 14.7. The number of nitrogens with zero attached hydrogens (tertiary/aromatic N) is 4. The van der Waals surface area contributed by atoms with Gasteiger partial charge in [0.25, 0.3) is 0 Å². The van der Waals surface area contributed by atoms with Gasteiger partial charge in [-0.3, -0.25) is 0 Å². The van der Waals surface area contributed by atoms with Gasteiger partial charge in [0.1, 0.15) is 11.7 Å². The topological polar surface area (TPSA) is 62.5 Å². The molecule has 3 heterocycles. The van der Waals surface area contributed by atoms with Gasteiger partial charge in [0.2, 0.25) is 5.13 Å². The summed E-state index contributed by atoms with van der Waals surface area (Å²) in [6, 6.07) is 20.4. The van der Waals surface area contributed by atoms with E-state index in [1.807, 2.05) is 43.3 Å². The van der Waals surface area contributed by atoms with Crippen LogP contribution in [0.15, 0.2) is 70.6 Å². The van der Waals surface area contributed by atoms with Crippen molar-refractivity contribution < 1.29 is 0 Å². The van der Waals surface area contributed by atoms with Crippen LogP contribution in [0.5, 0.6) is 0 Å². The van der Waals surface area contributed by atoms with Crippen molar-refractivity contribution in [2.75, 3.05) is 5.32 Å². The molecule has 0 aliphatic carbocycles. The number of hydrogen-bond acceptors (Lipinski definition) is 5. The zero-order valence-corrected chi connectivity index (χ0v) is 18.8. The van der Waals surface area contributed by atoms with Crippen molar-refractivity contribution in [3.05, 3.63) is 83.0 Å². The van der Waals surface area contributed by atoms with Crippen molar-refractivity contribution in [3.63, 3.8) is 0 Å². The lowest BCUT2D eigenvalue weighted by molar-refractivity contribution is 0.595. The van der Waals surface area contributed by atoms with Crippen LogP contribution in [-0.4, -0.2) is 21.6 Å². The lowest BCUT2D eigenvalue weighted by Crippen LogP contribution is -2.12. The van der Waals surface area contributed by atoms with Crippen LogP contribution >= 0.6 is 11.3 Å². The number of pyridine rings is 1. The minimum absolute atomic E-state index is 0.0218. The molecule has 6 heteroatoms. The number of aromatic nitrogens is 2. The summed E-state index contributed by atoms with van der Waals surface area (Å²) in [6.07, 6.45) is 0. The van der Waals surface area contributed by atoms with E-state index in [1.165, 1.54) is 5.56 Å². The SMILES string of the molecule is Cc1cccc(NC2=N/C(=N/c3nc4c(C(C)(C)C)cccc4s3)c3ccccc32)n1. The molecule has 2 aromatic heterocycles. The van der Waals surface area contributed by atoms with E-state index in [0.29, 0.717) is 5.84 Å². The Morgan fingerprint density at radius 2 is 1.65 bits per heavy atom. The third-order valence-corrected chi connectivity index (χ3v) is 6.11. The summed E-state index contributed by atoms with van der Waals surface area (Å²) in [5.74, 6) is 2.19. The molecule has 0 atom stereocenters. The van der Waals surface area contributed by atoms with Gasteiger partial charge in [0.15, 0.2) is 5.84 Å². The fourth-order valence-electron chi connectivity index (χ4n) is 3.71. The van der Waals surface area contributed by atoms with Crippen LogP contribution in [0, 0.1) is 6.92 Å². The summed E-state index contributed by atoms with van der Waals surface area (Å²) in [4.78, 5) is 19.0. The summed E-state index contributed by atoms with van der Waals surface area (Å²) in [5.41, 5.74) is 5.24. The lowest BCUT2D eigenvalue weighted by atomic mass is 9.86. The molecule has 0 fully saturated rings. The highest BCUT2D eigenvalue weighted by Gasteiger charge is 2.23. The van der Waals surface area contributed by atoms with Gasteiger partial charge < -0.3 is 5.32 Å². The third-order valence-electron chi connectivity index (χ3n) is 5.19. The van der Waals surface area contributed by atoms with Gasteiger partial charge in [0.05, 0.1) is 10.2 Å². The second-order valence-electron chi connectivity index (χ2n) is 8.63. The predicted molar refractivity (Wildman–Crippen MR) is 130 cm³/mol. The van der Waals surface area contributed by atoms with Crippen molar-refractivity contribution in [2.45, 2.75) is 33.1 Å². The summed E-state index contributed by atoms with van der Waals surface area (Å²) in [7, 11) is 0. The number of hydrogen-bond donors (Lipinski definition) is 1. The Labute approximate surface area is 185 Å². The fourth-order valence-corrected chi connectivity index (χ4v) is 4.57. The molecule has 0 saturated carbocycles. The Kier molecular flexibility index (Phi) is 4.67. The van der Waals surface area contributed by atoms with E-state index in [2.05, 4.69) is 55.3 Å². The molecule has 4 aromatic rings. The first-order chi connectivity index (χ1) is 14.9. The zero-order chi connectivity index (χ0) is 21.6. The van der Waals surface area contributed by atoms with Crippen LogP contribution in [0.1, 0.15) is 43.2 Å². The summed E-state index contributed by atoms with van der Waals surface area (Å²) >= 11 is 1.60. The number of nitrogens with one attached hydrogen (secondary N) is 1. The average Bonchev–Trinajstić information content (AvgIpc) is 3.29. The Bertz CT molecular complexity index is 1360. The van der Waals surface area contributed by atoms with Gasteiger partial charge in [0, 0.05) is 16.8 Å². The van der Waals surface area contributed by atoms with Crippen molar-refractivity contribution in [3.8, 4) is 0 Å². The van der Waals surface area contributed by atoms with E-state index in [9.17, 15) is 0 Å². The number of benzene rings is 2. The Morgan fingerprint density at radius 3 is 2.42 bits per heavy atom. The maximum atomic E-state index is 4.87. The molecule has 154 valence electrons. The molecule has 0 spiro atoms. The highest BCUT2D eigenvalue weighted by Crippen LogP contribution is 2.36. The molecule has 1 aliphatic heterocycles. The minimum atomic E-state index is 0.0218. The van der Waals surface area contributed by atoms with Gasteiger partial charge >= 0.3 is 0 Å². The van der Waals surface area contributed by atoms with Gasteiger partial charge in [-0.2, -0.15) is 4.99 Å². The lowest BCUT2D eigenvalue weighted by Gasteiger charge is -2.19. The van der Waals surface area contributed by atoms with Crippen LogP contribution in [0.3, 0.4) is 0 Å². The average molecular weight is 426 g/mol. The second kappa shape index (κ2) is 7.39. The molecule has 0 amide bonds. The van der Waals surface area contributed by atoms with E-state index in [4.69, 9.17) is 15.0 Å². The van der Waals surface area contributed by atoms with E-state index >= 15 is 0 Å². The van der Waals surface area contributed by atoms with E-state index in [0.717, 1.165) is 43.8 Å². The molecule has 1 aliphatic rings. The summed E-state index contributed by atoms with van der Waals surface area (Å²) < 4.78 is 1.14. The van der Waals surface area contributed by atoms with E-state index < -0.39 is 0 Å². The Hall–Kier alpha value is -3.38. The van der Waals surface area contributed by atoms with Crippen molar-refractivity contribution >= 4 is 44.2 Å². The quantitative estimate of drug-likeness (QED) is 0.413. The Balaban J connectivity index is 1.57. The number of thiazole rings is 1. The highest BCUT2D eigenvalue weighted by molar-refractivity contribution is 7.22. The standard InChI is InChI=1S/C25H23N5S/c1-15-9-7-14-20(26-15)27-22-16-10-5-6-11-17(16)23(29-22)30-24-28-21-18(25(2,3)4)12-8-13-19(21)31-24/h5-14H,1-4H3,(H,26,27,28,29,30). The number of aliphatic imine (C=N–C) groups is 2. The molecule has 1 N–H and O–H groups in total. The smallest absolute Gasteiger partial charge is 0.212 e. The molecular formula is C25H23N5S. The van der Waals surface area contributed by atoms with E-state index in [-0.39, 0.29) is 5.41 Å². The fraction of sp³-hybridized carbons (Fsp3) is 0.200. The summed E-state index contributed by atoms with van der Waals surface area (Å²) in [6.45, 7) is 8.60. The largest absolute Gasteiger partial charge is 0.324 e. The highest BCUT2D eigenvalue weighted by atomic mass is 32.1. The first-order valence-corrected chi connectivity index (χ1v) is 11.1. The number of fused-ring (bicyclic) bond motifs is 2. The van der Waals surface area contributed by atoms with Gasteiger partial charge in [-0.1, -0.05) is 74.6 Å². The van der Waals surface area contributed by atoms with Crippen LogP contribution in [0.4, 0.5) is 10.9 Å². The monoisotopic (exact) mass is 425 g/mol. The maximum absolute atomic E-state index is 4.87. The van der Waals surface area contributed by atoms with Gasteiger partial charge in [-0.15, -0.1) is 0 Å². The van der Waals surface area contributed by atoms with Crippen LogP contribution in [0.25, 0.3) is 10.2 Å². The van der Waals surface area contributed by atoms with Crippen LogP contribution in [-0.2, 0) is 5.41 Å². The first kappa shape index (κ1) is 19.6. The van der Waals surface area contributed by atoms with Crippen molar-refractivity contribution in [2.24, 2.45) is 9.98 Å². The van der Waals surface area contributed by atoms with Gasteiger partial charge in [-0.25, -0.2) is 15.0 Å². The maximum Gasteiger partial charge on any atom is 0.212 e. The molecule has 2 aromatic carbocycles. The molecule has 0 radical (unpaired) electrons. The minimum Gasteiger partial charge on any atom is -0.324 e. The van der Waals surface area contributed by atoms with E-state index in [1.54, 1.807) is 11.3 Å². The van der Waals surface area contributed by atoms with Gasteiger partial charge in [-0.05, 0) is 36.1 Å². The molecule has 0 bridgehead atoms. The van der Waals surface area contributed by atoms with Crippen LogP contribution < -0.4 is 5.32 Å². The third kappa shape index (κ3) is 3.75. The number of para-hydroxylation sites is 1. The number of amidine groups is 2.